The first-order valence-electron chi connectivity index (χ1n) is 7.20. The van der Waals surface area contributed by atoms with Crippen LogP contribution in [0.4, 0.5) is 5.69 Å². The predicted molar refractivity (Wildman–Crippen MR) is 89.6 cm³/mol. The van der Waals surface area contributed by atoms with E-state index in [0.29, 0.717) is 17.0 Å². The minimum absolute atomic E-state index is 0.213. The molecule has 0 bridgehead atoms. The van der Waals surface area contributed by atoms with E-state index in [1.165, 1.54) is 0 Å². The quantitative estimate of drug-likeness (QED) is 0.890. The predicted octanol–water partition coefficient (Wildman–Crippen LogP) is 2.71. The standard InChI is InChI=1S/C18H20N2O3/c1-18(2,17(19)22)13-6-8-14(9-7-13)20-16(21)12-4-10-15(23-3)11-5-12/h4-11H,1-3H3,(H2,19,22)(H,20,21). The van der Waals surface area contributed by atoms with Crippen molar-refractivity contribution < 1.29 is 14.3 Å². The highest BCUT2D eigenvalue weighted by Crippen LogP contribution is 2.24. The lowest BCUT2D eigenvalue weighted by atomic mass is 9.84. The van der Waals surface area contributed by atoms with E-state index in [-0.39, 0.29) is 5.91 Å². The molecule has 5 nitrogen and oxygen atoms in total. The van der Waals surface area contributed by atoms with Crippen molar-refractivity contribution in [1.82, 2.24) is 0 Å². The van der Waals surface area contributed by atoms with Crippen LogP contribution in [0.15, 0.2) is 48.5 Å². The van der Waals surface area contributed by atoms with Crippen molar-refractivity contribution in [3.63, 3.8) is 0 Å². The van der Waals surface area contributed by atoms with Gasteiger partial charge < -0.3 is 15.8 Å². The second-order valence-corrected chi connectivity index (χ2v) is 5.75. The topological polar surface area (TPSA) is 81.4 Å². The van der Waals surface area contributed by atoms with Gasteiger partial charge in [-0.05, 0) is 55.8 Å². The maximum absolute atomic E-state index is 12.2. The lowest BCUT2D eigenvalue weighted by Crippen LogP contribution is -2.35. The zero-order valence-corrected chi connectivity index (χ0v) is 13.4. The molecule has 3 N–H and O–H groups in total. The molecule has 0 radical (unpaired) electrons. The number of methoxy groups -OCH3 is 1. The number of amides is 2. The Morgan fingerprint density at radius 3 is 2.04 bits per heavy atom. The summed E-state index contributed by atoms with van der Waals surface area (Å²) in [5, 5.41) is 2.81. The van der Waals surface area contributed by atoms with Crippen LogP contribution in [0.3, 0.4) is 0 Å². The lowest BCUT2D eigenvalue weighted by Gasteiger charge is -2.21. The van der Waals surface area contributed by atoms with Crippen LogP contribution in [0.2, 0.25) is 0 Å². The van der Waals surface area contributed by atoms with Crippen LogP contribution in [-0.2, 0) is 10.2 Å². The summed E-state index contributed by atoms with van der Waals surface area (Å²) in [6.07, 6.45) is 0. The molecule has 2 rings (SSSR count). The fourth-order valence-electron chi connectivity index (χ4n) is 2.06. The van der Waals surface area contributed by atoms with Crippen LogP contribution in [0, 0.1) is 0 Å². The number of rotatable bonds is 5. The maximum Gasteiger partial charge on any atom is 0.255 e. The molecule has 0 saturated heterocycles. The largest absolute Gasteiger partial charge is 0.497 e. The summed E-state index contributed by atoms with van der Waals surface area (Å²) in [4.78, 5) is 23.6. The van der Waals surface area contributed by atoms with Crippen LogP contribution >= 0.6 is 0 Å². The minimum Gasteiger partial charge on any atom is -0.497 e. The number of nitrogens with two attached hydrogens (primary N) is 1. The van der Waals surface area contributed by atoms with Crippen molar-refractivity contribution in [2.24, 2.45) is 5.73 Å². The fourth-order valence-corrected chi connectivity index (χ4v) is 2.06. The summed E-state index contributed by atoms with van der Waals surface area (Å²) < 4.78 is 5.06. The summed E-state index contributed by atoms with van der Waals surface area (Å²) in [6.45, 7) is 3.53. The van der Waals surface area contributed by atoms with Crippen molar-refractivity contribution in [2.75, 3.05) is 12.4 Å². The van der Waals surface area contributed by atoms with Gasteiger partial charge >= 0.3 is 0 Å². The van der Waals surface area contributed by atoms with Gasteiger partial charge in [0.2, 0.25) is 5.91 Å². The van der Waals surface area contributed by atoms with E-state index in [4.69, 9.17) is 10.5 Å². The number of hydrogen-bond donors (Lipinski definition) is 2. The zero-order chi connectivity index (χ0) is 17.0. The Bertz CT molecular complexity index is 704. The van der Waals surface area contributed by atoms with Gasteiger partial charge in [0, 0.05) is 11.3 Å². The van der Waals surface area contributed by atoms with Gasteiger partial charge in [0.25, 0.3) is 5.91 Å². The number of ether oxygens (including phenoxy) is 1. The summed E-state index contributed by atoms with van der Waals surface area (Å²) in [6, 6.07) is 13.9. The Hall–Kier alpha value is -2.82. The van der Waals surface area contributed by atoms with Gasteiger partial charge in [-0.1, -0.05) is 12.1 Å². The molecule has 5 heteroatoms. The smallest absolute Gasteiger partial charge is 0.255 e. The molecule has 0 spiro atoms. The van der Waals surface area contributed by atoms with E-state index < -0.39 is 11.3 Å². The van der Waals surface area contributed by atoms with Crippen LogP contribution in [-0.4, -0.2) is 18.9 Å². The monoisotopic (exact) mass is 312 g/mol. The number of hydrogen-bond acceptors (Lipinski definition) is 3. The van der Waals surface area contributed by atoms with E-state index in [1.54, 1.807) is 69.5 Å². The summed E-state index contributed by atoms with van der Waals surface area (Å²) in [5.74, 6) is 0.0849. The van der Waals surface area contributed by atoms with Gasteiger partial charge in [0.15, 0.2) is 0 Å². The second-order valence-electron chi connectivity index (χ2n) is 5.75. The molecule has 23 heavy (non-hydrogen) atoms. The van der Waals surface area contributed by atoms with Gasteiger partial charge in [-0.25, -0.2) is 0 Å². The average molecular weight is 312 g/mol. The van der Waals surface area contributed by atoms with Gasteiger partial charge in [-0.3, -0.25) is 9.59 Å². The third-order valence-corrected chi connectivity index (χ3v) is 3.83. The molecule has 0 heterocycles. The van der Waals surface area contributed by atoms with Crippen molar-refractivity contribution in [3.8, 4) is 5.75 Å². The molecule has 0 aromatic heterocycles. The third-order valence-electron chi connectivity index (χ3n) is 3.83. The highest BCUT2D eigenvalue weighted by atomic mass is 16.5. The number of carbonyl (C=O) groups is 2. The van der Waals surface area contributed by atoms with E-state index in [1.807, 2.05) is 0 Å². The van der Waals surface area contributed by atoms with Crippen LogP contribution in [0.5, 0.6) is 5.75 Å². The van der Waals surface area contributed by atoms with Gasteiger partial charge in [0.1, 0.15) is 5.75 Å². The van der Waals surface area contributed by atoms with Crippen molar-refractivity contribution in [2.45, 2.75) is 19.3 Å². The Balaban J connectivity index is 2.11. The minimum atomic E-state index is -0.751. The Labute approximate surface area is 135 Å². The molecule has 0 saturated carbocycles. The summed E-state index contributed by atoms with van der Waals surface area (Å²) in [5.41, 5.74) is 6.63. The first-order valence-corrected chi connectivity index (χ1v) is 7.20. The molecular weight excluding hydrogens is 292 g/mol. The first kappa shape index (κ1) is 16.5. The number of carbonyl (C=O) groups excluding carboxylic acids is 2. The van der Waals surface area contributed by atoms with E-state index in [9.17, 15) is 9.59 Å². The van der Waals surface area contributed by atoms with Crippen molar-refractivity contribution in [1.29, 1.82) is 0 Å². The van der Waals surface area contributed by atoms with Crippen LogP contribution < -0.4 is 15.8 Å². The fraction of sp³-hybridized carbons (Fsp3) is 0.222. The van der Waals surface area contributed by atoms with Gasteiger partial charge in [-0.15, -0.1) is 0 Å². The van der Waals surface area contributed by atoms with Gasteiger partial charge in [0.05, 0.1) is 12.5 Å². The SMILES string of the molecule is COc1ccc(C(=O)Nc2ccc(C(C)(C)C(N)=O)cc2)cc1. The lowest BCUT2D eigenvalue weighted by molar-refractivity contribution is -0.122. The Kier molecular flexibility index (Phi) is 4.69. The molecule has 0 aliphatic carbocycles. The zero-order valence-electron chi connectivity index (χ0n) is 13.4. The van der Waals surface area contributed by atoms with Crippen LogP contribution in [0.25, 0.3) is 0 Å². The molecule has 0 unspecified atom stereocenters. The Morgan fingerprint density at radius 2 is 1.57 bits per heavy atom. The summed E-state index contributed by atoms with van der Waals surface area (Å²) >= 11 is 0. The average Bonchev–Trinajstić information content (AvgIpc) is 2.55. The number of anilines is 1. The van der Waals surface area contributed by atoms with E-state index in [2.05, 4.69) is 5.32 Å². The molecule has 120 valence electrons. The normalized spacial score (nSPS) is 10.9. The molecule has 0 aliphatic heterocycles. The van der Waals surface area contributed by atoms with Crippen molar-refractivity contribution in [3.05, 3.63) is 59.7 Å². The summed E-state index contributed by atoms with van der Waals surface area (Å²) in [7, 11) is 1.57. The second kappa shape index (κ2) is 6.52. The van der Waals surface area contributed by atoms with Gasteiger partial charge in [-0.2, -0.15) is 0 Å². The Morgan fingerprint density at radius 1 is 1.00 bits per heavy atom. The highest BCUT2D eigenvalue weighted by Gasteiger charge is 2.27. The number of primary amides is 1. The highest BCUT2D eigenvalue weighted by molar-refractivity contribution is 6.04. The third kappa shape index (κ3) is 3.69. The molecule has 2 aromatic carbocycles. The molecule has 2 aromatic rings. The molecule has 2 amide bonds. The van der Waals surface area contributed by atoms with E-state index in [0.717, 1.165) is 5.56 Å². The first-order chi connectivity index (χ1) is 10.8. The molecule has 0 atom stereocenters. The molecular formula is C18H20N2O3. The maximum atomic E-state index is 12.2. The number of benzene rings is 2. The molecule has 0 aliphatic rings. The molecule has 0 fully saturated rings. The van der Waals surface area contributed by atoms with Crippen molar-refractivity contribution >= 4 is 17.5 Å². The van der Waals surface area contributed by atoms with E-state index >= 15 is 0 Å². The van der Waals surface area contributed by atoms with Crippen LogP contribution in [0.1, 0.15) is 29.8 Å². The number of nitrogens with one attached hydrogen (secondary N) is 1.